The fraction of sp³-hybridized carbons (Fsp3) is 0.571. The van der Waals surface area contributed by atoms with Crippen molar-refractivity contribution in [2.75, 3.05) is 39.3 Å². The Balaban J connectivity index is 1.08. The van der Waals surface area contributed by atoms with Crippen molar-refractivity contribution in [3.05, 3.63) is 36.3 Å². The third-order valence-electron chi connectivity index (χ3n) is 6.69. The van der Waals surface area contributed by atoms with E-state index in [4.69, 9.17) is 9.25 Å². The topological polar surface area (TPSA) is 104 Å². The van der Waals surface area contributed by atoms with E-state index in [9.17, 15) is 19.5 Å². The normalized spacial score (nSPS) is 31.6. The van der Waals surface area contributed by atoms with E-state index in [1.165, 1.54) is 6.26 Å². The van der Waals surface area contributed by atoms with Crippen molar-refractivity contribution in [1.29, 1.82) is 0 Å². The molecule has 9 heteroatoms. The minimum absolute atomic E-state index is 0.120. The van der Waals surface area contributed by atoms with Crippen molar-refractivity contribution in [1.82, 2.24) is 14.9 Å². The molecule has 2 aliphatic carbocycles. The molecule has 5 rings (SSSR count). The Kier molecular flexibility index (Phi) is 4.96. The van der Waals surface area contributed by atoms with Gasteiger partial charge in [0.05, 0.1) is 24.2 Å². The SMILES string of the molecule is O=C(c1ccco1)N1CCN(CC(O)CON2C(=O)C3C4C=CC(C4)C3C2=O)CC1. The lowest BCUT2D eigenvalue weighted by Crippen LogP contribution is -2.51. The van der Waals surface area contributed by atoms with E-state index in [1.807, 2.05) is 17.1 Å². The highest BCUT2D eigenvalue weighted by Crippen LogP contribution is 2.52. The van der Waals surface area contributed by atoms with Crippen molar-refractivity contribution >= 4 is 17.7 Å². The Labute approximate surface area is 173 Å². The number of hydrogen-bond donors (Lipinski definition) is 1. The molecule has 2 bridgehead atoms. The number of furan rings is 1. The highest BCUT2D eigenvalue weighted by atomic mass is 16.7. The van der Waals surface area contributed by atoms with Crippen LogP contribution in [0.1, 0.15) is 17.0 Å². The van der Waals surface area contributed by atoms with Gasteiger partial charge in [-0.3, -0.25) is 24.1 Å². The highest BCUT2D eigenvalue weighted by molar-refractivity contribution is 6.05. The van der Waals surface area contributed by atoms with Crippen LogP contribution >= 0.6 is 0 Å². The second kappa shape index (κ2) is 7.64. The van der Waals surface area contributed by atoms with Gasteiger partial charge in [-0.15, -0.1) is 0 Å². The van der Waals surface area contributed by atoms with Gasteiger partial charge in [-0.1, -0.05) is 12.2 Å². The average Bonchev–Trinajstić information content (AvgIpc) is 3.53. The number of hydroxylamine groups is 2. The first-order valence-electron chi connectivity index (χ1n) is 10.4. The summed E-state index contributed by atoms with van der Waals surface area (Å²) >= 11 is 0. The summed E-state index contributed by atoms with van der Waals surface area (Å²) in [5, 5.41) is 11.2. The van der Waals surface area contributed by atoms with Gasteiger partial charge in [0.1, 0.15) is 6.61 Å². The lowest BCUT2D eigenvalue weighted by molar-refractivity contribution is -0.197. The largest absolute Gasteiger partial charge is 0.459 e. The van der Waals surface area contributed by atoms with Gasteiger partial charge in [0.25, 0.3) is 17.7 Å². The Morgan fingerprint density at radius 2 is 1.80 bits per heavy atom. The summed E-state index contributed by atoms with van der Waals surface area (Å²) < 4.78 is 5.16. The molecule has 1 saturated carbocycles. The summed E-state index contributed by atoms with van der Waals surface area (Å²) in [5.41, 5.74) is 0. The first-order chi connectivity index (χ1) is 14.5. The average molecular weight is 415 g/mol. The third kappa shape index (κ3) is 3.27. The fourth-order valence-electron chi connectivity index (χ4n) is 5.20. The van der Waals surface area contributed by atoms with Crippen LogP contribution in [0.25, 0.3) is 0 Å². The molecule has 2 aliphatic heterocycles. The van der Waals surface area contributed by atoms with Crippen molar-refractivity contribution in [2.24, 2.45) is 23.7 Å². The monoisotopic (exact) mass is 415 g/mol. The Morgan fingerprint density at radius 3 is 2.40 bits per heavy atom. The first kappa shape index (κ1) is 19.5. The van der Waals surface area contributed by atoms with Crippen molar-refractivity contribution in [3.8, 4) is 0 Å². The zero-order valence-corrected chi connectivity index (χ0v) is 16.6. The molecule has 4 aliphatic rings. The zero-order valence-electron chi connectivity index (χ0n) is 16.6. The molecule has 0 radical (unpaired) electrons. The Bertz CT molecular complexity index is 830. The molecule has 5 unspecified atom stereocenters. The second-order valence-corrected chi connectivity index (χ2v) is 8.49. The fourth-order valence-corrected chi connectivity index (χ4v) is 5.20. The lowest BCUT2D eigenvalue weighted by Gasteiger charge is -2.35. The van der Waals surface area contributed by atoms with Gasteiger partial charge in [-0.2, -0.15) is 5.06 Å². The number of amides is 3. The molecular formula is C21H25N3O6. The minimum atomic E-state index is -0.840. The summed E-state index contributed by atoms with van der Waals surface area (Å²) in [6, 6.07) is 3.33. The number of rotatable bonds is 6. The number of fused-ring (bicyclic) bond motifs is 5. The van der Waals surface area contributed by atoms with Gasteiger partial charge in [0.15, 0.2) is 5.76 Å². The van der Waals surface area contributed by atoms with Crippen LogP contribution in [-0.2, 0) is 14.4 Å². The van der Waals surface area contributed by atoms with Crippen molar-refractivity contribution < 1.29 is 28.7 Å². The number of nitrogens with zero attached hydrogens (tertiary/aromatic N) is 3. The summed E-state index contributed by atoms with van der Waals surface area (Å²) in [6.07, 6.45) is 5.58. The number of carbonyl (C=O) groups excluding carboxylic acids is 3. The maximum atomic E-state index is 12.6. The van der Waals surface area contributed by atoms with Crippen LogP contribution in [0, 0.1) is 23.7 Å². The molecule has 1 aromatic heterocycles. The number of aliphatic hydroxyl groups excluding tert-OH is 1. The summed E-state index contributed by atoms with van der Waals surface area (Å²) in [6.45, 7) is 2.53. The van der Waals surface area contributed by atoms with Gasteiger partial charge >= 0.3 is 0 Å². The standard InChI is InChI=1S/C21H25N3O6/c25-15(11-22-5-7-23(8-6-22)19(26)16-2-1-9-29-16)12-30-24-20(27)17-13-3-4-14(10-13)18(17)21(24)28/h1-4,9,13-15,17-18,25H,5-8,10-12H2. The molecule has 0 aromatic carbocycles. The van der Waals surface area contributed by atoms with Crippen LogP contribution in [0.4, 0.5) is 0 Å². The van der Waals surface area contributed by atoms with E-state index >= 15 is 0 Å². The summed E-state index contributed by atoms with van der Waals surface area (Å²) in [4.78, 5) is 46.7. The number of piperazine rings is 1. The molecule has 3 heterocycles. The predicted octanol–water partition coefficient (Wildman–Crippen LogP) is 0.137. The zero-order chi connectivity index (χ0) is 20.8. The molecule has 2 saturated heterocycles. The number of imide groups is 1. The maximum Gasteiger partial charge on any atom is 0.289 e. The van der Waals surface area contributed by atoms with E-state index in [1.54, 1.807) is 17.0 Å². The molecule has 160 valence electrons. The molecule has 3 fully saturated rings. The van der Waals surface area contributed by atoms with Crippen LogP contribution in [0.2, 0.25) is 0 Å². The minimum Gasteiger partial charge on any atom is -0.459 e. The Morgan fingerprint density at radius 1 is 1.13 bits per heavy atom. The van der Waals surface area contributed by atoms with E-state index in [-0.39, 0.29) is 48.0 Å². The van der Waals surface area contributed by atoms with E-state index in [0.717, 1.165) is 11.5 Å². The van der Waals surface area contributed by atoms with Crippen molar-refractivity contribution in [3.63, 3.8) is 0 Å². The molecule has 9 nitrogen and oxygen atoms in total. The van der Waals surface area contributed by atoms with Crippen LogP contribution in [0.15, 0.2) is 35.0 Å². The van der Waals surface area contributed by atoms with Crippen LogP contribution in [0.5, 0.6) is 0 Å². The number of β-amino-alcohol motifs (C(OH)–C–C–N with tert-alkyl or cyclic N) is 1. The van der Waals surface area contributed by atoms with Gasteiger partial charge < -0.3 is 14.4 Å². The molecular weight excluding hydrogens is 390 g/mol. The second-order valence-electron chi connectivity index (χ2n) is 8.49. The van der Waals surface area contributed by atoms with Gasteiger partial charge in [0, 0.05) is 32.7 Å². The van der Waals surface area contributed by atoms with Crippen molar-refractivity contribution in [2.45, 2.75) is 12.5 Å². The molecule has 3 amide bonds. The third-order valence-corrected chi connectivity index (χ3v) is 6.69. The number of allylic oxidation sites excluding steroid dienone is 2. The number of aliphatic hydroxyl groups is 1. The molecule has 30 heavy (non-hydrogen) atoms. The smallest absolute Gasteiger partial charge is 0.289 e. The maximum absolute atomic E-state index is 12.6. The van der Waals surface area contributed by atoms with Crippen LogP contribution in [-0.4, -0.2) is 83.1 Å². The van der Waals surface area contributed by atoms with Crippen LogP contribution in [0.3, 0.4) is 0 Å². The van der Waals surface area contributed by atoms with E-state index < -0.39 is 6.10 Å². The number of carbonyl (C=O) groups is 3. The predicted molar refractivity (Wildman–Crippen MR) is 103 cm³/mol. The number of hydrogen-bond acceptors (Lipinski definition) is 7. The van der Waals surface area contributed by atoms with E-state index in [0.29, 0.717) is 38.5 Å². The first-order valence-corrected chi connectivity index (χ1v) is 10.4. The lowest BCUT2D eigenvalue weighted by atomic mass is 9.85. The molecule has 0 spiro atoms. The van der Waals surface area contributed by atoms with E-state index in [2.05, 4.69) is 0 Å². The van der Waals surface area contributed by atoms with Gasteiger partial charge in [-0.25, -0.2) is 0 Å². The quantitative estimate of drug-likeness (QED) is 0.521. The summed E-state index contributed by atoms with van der Waals surface area (Å²) in [7, 11) is 0. The highest BCUT2D eigenvalue weighted by Gasteiger charge is 2.60. The van der Waals surface area contributed by atoms with Gasteiger partial charge in [0.2, 0.25) is 0 Å². The van der Waals surface area contributed by atoms with Gasteiger partial charge in [-0.05, 0) is 30.4 Å². The molecule has 5 atom stereocenters. The summed E-state index contributed by atoms with van der Waals surface area (Å²) in [5.74, 6) is -0.703. The van der Waals surface area contributed by atoms with Crippen LogP contribution < -0.4 is 0 Å². The molecule has 1 aromatic rings. The molecule has 1 N–H and O–H groups in total. The Hall–Kier alpha value is -2.49.